The summed E-state index contributed by atoms with van der Waals surface area (Å²) in [4.78, 5) is 28.9. The second-order valence-electron chi connectivity index (χ2n) is 8.84. The number of hydrogen-bond donors (Lipinski definition) is 2. The van der Waals surface area contributed by atoms with E-state index in [1.807, 2.05) is 36.4 Å². The van der Waals surface area contributed by atoms with Gasteiger partial charge in [0.25, 0.3) is 0 Å². The van der Waals surface area contributed by atoms with Gasteiger partial charge in [-0.3, -0.25) is 9.59 Å². The maximum absolute atomic E-state index is 13.8. The van der Waals surface area contributed by atoms with Gasteiger partial charge in [0.15, 0.2) is 0 Å². The number of hydrogen-bond acceptors (Lipinski definition) is 3. The van der Waals surface area contributed by atoms with Gasteiger partial charge in [0, 0.05) is 6.54 Å². The van der Waals surface area contributed by atoms with Crippen molar-refractivity contribution in [1.29, 1.82) is 0 Å². The number of fused-ring (bicyclic) bond motifs is 1. The molecule has 1 heterocycles. The minimum Gasteiger partial charge on any atom is -0.392 e. The van der Waals surface area contributed by atoms with E-state index in [9.17, 15) is 14.7 Å². The van der Waals surface area contributed by atoms with E-state index in [1.54, 1.807) is 4.90 Å². The molecule has 2 atom stereocenters. The number of benzene rings is 2. The van der Waals surface area contributed by atoms with Crippen molar-refractivity contribution in [2.24, 2.45) is 11.8 Å². The molecule has 4 rings (SSSR count). The molecule has 0 saturated carbocycles. The Labute approximate surface area is 184 Å². The summed E-state index contributed by atoms with van der Waals surface area (Å²) < 4.78 is 0. The molecule has 2 aromatic rings. The van der Waals surface area contributed by atoms with Crippen molar-refractivity contribution < 1.29 is 14.7 Å². The zero-order chi connectivity index (χ0) is 22.0. The normalized spacial score (nSPS) is 21.5. The van der Waals surface area contributed by atoms with Crippen LogP contribution >= 0.6 is 0 Å². The molecule has 5 heteroatoms. The number of nitrogens with zero attached hydrogens (tertiary/aromatic N) is 1. The highest BCUT2D eigenvalue weighted by Crippen LogP contribution is 2.33. The van der Waals surface area contributed by atoms with E-state index in [0.29, 0.717) is 6.54 Å². The van der Waals surface area contributed by atoms with Gasteiger partial charge in [0.05, 0.1) is 6.61 Å². The van der Waals surface area contributed by atoms with Crippen LogP contribution < -0.4 is 5.32 Å². The molecule has 1 fully saturated rings. The van der Waals surface area contributed by atoms with Crippen LogP contribution in [0.4, 0.5) is 0 Å². The van der Waals surface area contributed by atoms with E-state index in [0.717, 1.165) is 36.8 Å². The zero-order valence-corrected chi connectivity index (χ0v) is 18.4. The van der Waals surface area contributed by atoms with Gasteiger partial charge in [-0.25, -0.2) is 0 Å². The summed E-state index contributed by atoms with van der Waals surface area (Å²) in [6.45, 7) is 4.42. The number of aliphatic hydroxyl groups is 1. The molecule has 2 aromatic carbocycles. The molecule has 2 amide bonds. The Hall–Kier alpha value is -2.66. The van der Waals surface area contributed by atoms with Crippen molar-refractivity contribution in [3.8, 4) is 0 Å². The predicted molar refractivity (Wildman–Crippen MR) is 120 cm³/mol. The number of aliphatic hydroxyl groups excluding tert-OH is 1. The van der Waals surface area contributed by atoms with Crippen LogP contribution in [-0.2, 0) is 35.6 Å². The average molecular weight is 421 g/mol. The molecule has 1 aliphatic heterocycles. The number of nitrogens with one attached hydrogen (secondary N) is 1. The Morgan fingerprint density at radius 1 is 0.968 bits per heavy atom. The van der Waals surface area contributed by atoms with Crippen LogP contribution in [0, 0.1) is 11.8 Å². The quantitative estimate of drug-likeness (QED) is 0.723. The molecule has 0 bridgehead atoms. The van der Waals surface area contributed by atoms with Crippen LogP contribution in [-0.4, -0.2) is 33.9 Å². The van der Waals surface area contributed by atoms with Crippen LogP contribution in [0.25, 0.3) is 0 Å². The van der Waals surface area contributed by atoms with Gasteiger partial charge in [-0.05, 0) is 46.9 Å². The number of rotatable bonds is 7. The first-order chi connectivity index (χ1) is 15.1. The lowest BCUT2D eigenvalue weighted by atomic mass is 9.85. The monoisotopic (exact) mass is 420 g/mol. The fourth-order valence-electron chi connectivity index (χ4n) is 5.34. The molecule has 2 N–H and O–H groups in total. The topological polar surface area (TPSA) is 69.6 Å². The van der Waals surface area contributed by atoms with Gasteiger partial charge in [0.1, 0.15) is 12.1 Å². The van der Waals surface area contributed by atoms with Crippen molar-refractivity contribution in [2.75, 3.05) is 0 Å². The van der Waals surface area contributed by atoms with Crippen molar-refractivity contribution in [2.45, 2.75) is 64.8 Å². The largest absolute Gasteiger partial charge is 0.392 e. The first-order valence-corrected chi connectivity index (χ1v) is 11.4. The number of amides is 2. The average Bonchev–Trinajstić information content (AvgIpc) is 3.22. The predicted octanol–water partition coefficient (Wildman–Crippen LogP) is 3.23. The highest BCUT2D eigenvalue weighted by molar-refractivity contribution is 5.97. The van der Waals surface area contributed by atoms with Gasteiger partial charge in [-0.1, -0.05) is 75.2 Å². The summed E-state index contributed by atoms with van der Waals surface area (Å²) in [5, 5.41) is 12.9. The van der Waals surface area contributed by atoms with E-state index < -0.39 is 12.1 Å². The van der Waals surface area contributed by atoms with Crippen LogP contribution in [0.2, 0.25) is 0 Å². The van der Waals surface area contributed by atoms with Gasteiger partial charge in [0.2, 0.25) is 11.8 Å². The third-order valence-corrected chi connectivity index (χ3v) is 7.13. The van der Waals surface area contributed by atoms with Gasteiger partial charge < -0.3 is 15.3 Å². The van der Waals surface area contributed by atoms with E-state index in [2.05, 4.69) is 31.3 Å². The van der Waals surface area contributed by atoms with Crippen molar-refractivity contribution in [3.05, 3.63) is 70.8 Å². The van der Waals surface area contributed by atoms with Crippen molar-refractivity contribution >= 4 is 11.8 Å². The standard InChI is InChI=1S/C26H32N2O3/c1-3-17(4-2)24-25(30)27-23(22-13-18-9-5-6-10-19(18)14-22)26(31)28(24)15-20-11-7-8-12-21(20)16-29/h5-12,17,22-24,29H,3-4,13-16H2,1-2H3,(H,27,30). The Morgan fingerprint density at radius 3 is 2.13 bits per heavy atom. The minimum atomic E-state index is -0.508. The lowest BCUT2D eigenvalue weighted by molar-refractivity contribution is -0.154. The molecule has 1 aliphatic carbocycles. The highest BCUT2D eigenvalue weighted by atomic mass is 16.3. The van der Waals surface area contributed by atoms with Gasteiger partial charge in [-0.15, -0.1) is 0 Å². The van der Waals surface area contributed by atoms with E-state index in [-0.39, 0.29) is 30.3 Å². The second kappa shape index (κ2) is 9.23. The SMILES string of the molecule is CCC(CC)C1C(=O)NC(C2Cc3ccccc3C2)C(=O)N1Cc1ccccc1CO. The maximum atomic E-state index is 13.8. The molecule has 2 unspecified atom stereocenters. The molecule has 164 valence electrons. The van der Waals surface area contributed by atoms with Crippen LogP contribution in [0.3, 0.4) is 0 Å². The van der Waals surface area contributed by atoms with Crippen molar-refractivity contribution in [3.63, 3.8) is 0 Å². The van der Waals surface area contributed by atoms with Gasteiger partial charge in [-0.2, -0.15) is 0 Å². The first kappa shape index (κ1) is 21.6. The molecule has 31 heavy (non-hydrogen) atoms. The number of carbonyl (C=O) groups excluding carboxylic acids is 2. The second-order valence-corrected chi connectivity index (χ2v) is 8.84. The summed E-state index contributed by atoms with van der Waals surface area (Å²) in [6.07, 6.45) is 3.28. The van der Waals surface area contributed by atoms with Crippen LogP contribution in [0.5, 0.6) is 0 Å². The fraction of sp³-hybridized carbons (Fsp3) is 0.462. The van der Waals surface area contributed by atoms with Crippen molar-refractivity contribution in [1.82, 2.24) is 10.2 Å². The van der Waals surface area contributed by atoms with Crippen LogP contribution in [0.1, 0.15) is 48.9 Å². The summed E-state index contributed by atoms with van der Waals surface area (Å²) in [6, 6.07) is 14.9. The molecule has 1 saturated heterocycles. The Bertz CT molecular complexity index is 928. The molecule has 5 nitrogen and oxygen atoms in total. The Balaban J connectivity index is 1.65. The summed E-state index contributed by atoms with van der Waals surface area (Å²) in [5.74, 6) is 0.136. The molecular weight excluding hydrogens is 388 g/mol. The smallest absolute Gasteiger partial charge is 0.246 e. The third-order valence-electron chi connectivity index (χ3n) is 7.13. The zero-order valence-electron chi connectivity index (χ0n) is 18.4. The third kappa shape index (κ3) is 4.11. The Kier molecular flexibility index (Phi) is 6.42. The number of carbonyl (C=O) groups is 2. The first-order valence-electron chi connectivity index (χ1n) is 11.4. The molecule has 0 spiro atoms. The van der Waals surface area contributed by atoms with Gasteiger partial charge >= 0.3 is 0 Å². The molecule has 2 aliphatic rings. The molecule has 0 aromatic heterocycles. The van der Waals surface area contributed by atoms with E-state index in [4.69, 9.17) is 0 Å². The summed E-state index contributed by atoms with van der Waals surface area (Å²) in [5.41, 5.74) is 4.24. The summed E-state index contributed by atoms with van der Waals surface area (Å²) in [7, 11) is 0. The van der Waals surface area contributed by atoms with Crippen LogP contribution in [0.15, 0.2) is 48.5 Å². The van der Waals surface area contributed by atoms with E-state index in [1.165, 1.54) is 11.1 Å². The lowest BCUT2D eigenvalue weighted by Crippen LogP contribution is -2.66. The number of piperazine rings is 1. The fourth-order valence-corrected chi connectivity index (χ4v) is 5.34. The molecule has 0 radical (unpaired) electrons. The Morgan fingerprint density at radius 2 is 1.55 bits per heavy atom. The van der Waals surface area contributed by atoms with E-state index >= 15 is 0 Å². The highest BCUT2D eigenvalue weighted by Gasteiger charge is 2.46. The lowest BCUT2D eigenvalue weighted by Gasteiger charge is -2.44. The molecular formula is C26H32N2O3. The maximum Gasteiger partial charge on any atom is 0.246 e. The minimum absolute atomic E-state index is 0.00190. The summed E-state index contributed by atoms with van der Waals surface area (Å²) >= 11 is 0.